The van der Waals surface area contributed by atoms with Crippen LogP contribution in [-0.4, -0.2) is 15.0 Å². The SMILES string of the molecule is Cc1csc(-c2ccc3nccnc3c2)n1. The highest BCUT2D eigenvalue weighted by molar-refractivity contribution is 7.13. The van der Waals surface area contributed by atoms with Crippen molar-refractivity contribution in [3.05, 3.63) is 41.7 Å². The first kappa shape index (κ1) is 9.42. The highest BCUT2D eigenvalue weighted by Crippen LogP contribution is 2.25. The number of nitrogens with zero attached hydrogens (tertiary/aromatic N) is 3. The Kier molecular flexibility index (Phi) is 2.15. The molecule has 3 nitrogen and oxygen atoms in total. The van der Waals surface area contributed by atoms with Gasteiger partial charge in [-0.15, -0.1) is 11.3 Å². The summed E-state index contributed by atoms with van der Waals surface area (Å²) in [5.74, 6) is 0. The van der Waals surface area contributed by atoms with Gasteiger partial charge in [0.05, 0.1) is 11.0 Å². The third kappa shape index (κ3) is 1.57. The van der Waals surface area contributed by atoms with Crippen molar-refractivity contribution in [2.45, 2.75) is 6.92 Å². The van der Waals surface area contributed by atoms with Crippen molar-refractivity contribution in [3.8, 4) is 10.6 Å². The molecule has 0 aliphatic carbocycles. The van der Waals surface area contributed by atoms with E-state index in [1.807, 2.05) is 25.1 Å². The van der Waals surface area contributed by atoms with E-state index in [1.165, 1.54) is 0 Å². The molecule has 0 saturated carbocycles. The Morgan fingerprint density at radius 1 is 1.06 bits per heavy atom. The third-order valence-electron chi connectivity index (χ3n) is 2.34. The second kappa shape index (κ2) is 3.64. The zero-order valence-electron chi connectivity index (χ0n) is 8.71. The highest BCUT2D eigenvalue weighted by atomic mass is 32.1. The molecule has 0 aliphatic rings. The van der Waals surface area contributed by atoms with Crippen molar-refractivity contribution in [1.29, 1.82) is 0 Å². The summed E-state index contributed by atoms with van der Waals surface area (Å²) in [5.41, 5.74) is 3.98. The number of rotatable bonds is 1. The first-order chi connectivity index (χ1) is 7.83. The maximum atomic E-state index is 4.46. The Bertz CT molecular complexity index is 645. The van der Waals surface area contributed by atoms with Gasteiger partial charge >= 0.3 is 0 Å². The monoisotopic (exact) mass is 227 g/mol. The van der Waals surface area contributed by atoms with Gasteiger partial charge < -0.3 is 0 Å². The van der Waals surface area contributed by atoms with Crippen LogP contribution >= 0.6 is 11.3 Å². The fourth-order valence-corrected chi connectivity index (χ4v) is 2.38. The molecule has 4 heteroatoms. The van der Waals surface area contributed by atoms with E-state index in [9.17, 15) is 0 Å². The van der Waals surface area contributed by atoms with E-state index in [0.29, 0.717) is 0 Å². The zero-order valence-corrected chi connectivity index (χ0v) is 9.53. The molecule has 0 bridgehead atoms. The highest BCUT2D eigenvalue weighted by Gasteiger charge is 2.04. The number of hydrogen-bond donors (Lipinski definition) is 0. The van der Waals surface area contributed by atoms with Crippen molar-refractivity contribution >= 4 is 22.4 Å². The van der Waals surface area contributed by atoms with Crippen LogP contribution in [0, 0.1) is 6.92 Å². The summed E-state index contributed by atoms with van der Waals surface area (Å²) in [5, 5.41) is 3.08. The van der Waals surface area contributed by atoms with Gasteiger partial charge in [-0.2, -0.15) is 0 Å². The van der Waals surface area contributed by atoms with Crippen LogP contribution in [0.2, 0.25) is 0 Å². The van der Waals surface area contributed by atoms with Crippen LogP contribution in [0.1, 0.15) is 5.69 Å². The van der Waals surface area contributed by atoms with Crippen molar-refractivity contribution in [2.75, 3.05) is 0 Å². The van der Waals surface area contributed by atoms with Crippen LogP contribution in [0.3, 0.4) is 0 Å². The first-order valence-electron chi connectivity index (χ1n) is 4.96. The number of thiazole rings is 1. The fraction of sp³-hybridized carbons (Fsp3) is 0.0833. The predicted octanol–water partition coefficient (Wildman–Crippen LogP) is 3.06. The average molecular weight is 227 g/mol. The molecule has 2 aromatic heterocycles. The Hall–Kier alpha value is -1.81. The molecule has 3 aromatic rings. The van der Waals surface area contributed by atoms with Gasteiger partial charge in [0.1, 0.15) is 5.01 Å². The summed E-state index contributed by atoms with van der Waals surface area (Å²) in [4.78, 5) is 13.0. The van der Waals surface area contributed by atoms with Crippen LogP contribution in [0.15, 0.2) is 36.0 Å². The summed E-state index contributed by atoms with van der Waals surface area (Å²) in [6.45, 7) is 2.00. The number of aryl methyl sites for hydroxylation is 1. The lowest BCUT2D eigenvalue weighted by Gasteiger charge is -1.98. The molecule has 16 heavy (non-hydrogen) atoms. The lowest BCUT2D eigenvalue weighted by molar-refractivity contribution is 1.26. The van der Waals surface area contributed by atoms with Crippen LogP contribution in [0.5, 0.6) is 0 Å². The lowest BCUT2D eigenvalue weighted by atomic mass is 10.2. The molecular formula is C12H9N3S. The van der Waals surface area contributed by atoms with Gasteiger partial charge in [0.2, 0.25) is 0 Å². The minimum absolute atomic E-state index is 0.910. The molecule has 0 fully saturated rings. The summed E-state index contributed by atoms with van der Waals surface area (Å²) in [6.07, 6.45) is 3.41. The standard InChI is InChI=1S/C12H9N3S/c1-8-7-16-12(15-8)9-2-3-10-11(6-9)14-5-4-13-10/h2-7H,1H3. The second-order valence-corrected chi connectivity index (χ2v) is 4.41. The molecule has 1 aromatic carbocycles. The van der Waals surface area contributed by atoms with Gasteiger partial charge in [-0.05, 0) is 25.1 Å². The molecule has 0 unspecified atom stereocenters. The minimum Gasteiger partial charge on any atom is -0.253 e. The minimum atomic E-state index is 0.910. The first-order valence-corrected chi connectivity index (χ1v) is 5.84. The topological polar surface area (TPSA) is 38.7 Å². The van der Waals surface area contributed by atoms with Gasteiger partial charge in [0.15, 0.2) is 0 Å². The van der Waals surface area contributed by atoms with Gasteiger partial charge in [0.25, 0.3) is 0 Å². The van der Waals surface area contributed by atoms with Crippen molar-refractivity contribution in [3.63, 3.8) is 0 Å². The number of fused-ring (bicyclic) bond motifs is 1. The molecule has 0 aliphatic heterocycles. The summed E-state index contributed by atoms with van der Waals surface area (Å²) in [7, 11) is 0. The summed E-state index contributed by atoms with van der Waals surface area (Å²) < 4.78 is 0. The van der Waals surface area contributed by atoms with Crippen molar-refractivity contribution < 1.29 is 0 Å². The van der Waals surface area contributed by atoms with E-state index in [1.54, 1.807) is 23.7 Å². The van der Waals surface area contributed by atoms with Gasteiger partial charge in [-0.1, -0.05) is 0 Å². The molecule has 78 valence electrons. The Morgan fingerprint density at radius 3 is 2.62 bits per heavy atom. The molecular weight excluding hydrogens is 218 g/mol. The largest absolute Gasteiger partial charge is 0.253 e. The number of benzene rings is 1. The third-order valence-corrected chi connectivity index (χ3v) is 3.34. The molecule has 0 spiro atoms. The van der Waals surface area contributed by atoms with Gasteiger partial charge in [-0.25, -0.2) is 4.98 Å². The van der Waals surface area contributed by atoms with Crippen LogP contribution in [-0.2, 0) is 0 Å². The maximum absolute atomic E-state index is 4.46. The van der Waals surface area contributed by atoms with E-state index < -0.39 is 0 Å². The fourth-order valence-electron chi connectivity index (χ4n) is 1.58. The van der Waals surface area contributed by atoms with Crippen LogP contribution in [0.4, 0.5) is 0 Å². The van der Waals surface area contributed by atoms with E-state index in [0.717, 1.165) is 27.3 Å². The summed E-state index contributed by atoms with van der Waals surface area (Å²) >= 11 is 1.65. The molecule has 2 heterocycles. The van der Waals surface area contributed by atoms with Gasteiger partial charge in [0, 0.05) is 29.0 Å². The number of aromatic nitrogens is 3. The van der Waals surface area contributed by atoms with Gasteiger partial charge in [-0.3, -0.25) is 9.97 Å². The Morgan fingerprint density at radius 2 is 1.88 bits per heavy atom. The molecule has 0 amide bonds. The average Bonchev–Trinajstić information content (AvgIpc) is 2.75. The summed E-state index contributed by atoms with van der Waals surface area (Å²) in [6, 6.07) is 6.05. The quantitative estimate of drug-likeness (QED) is 0.641. The molecule has 0 N–H and O–H groups in total. The molecule has 0 saturated heterocycles. The normalized spacial score (nSPS) is 10.8. The second-order valence-electron chi connectivity index (χ2n) is 3.55. The smallest absolute Gasteiger partial charge is 0.123 e. The van der Waals surface area contributed by atoms with E-state index >= 15 is 0 Å². The maximum Gasteiger partial charge on any atom is 0.123 e. The Balaban J connectivity index is 2.18. The predicted molar refractivity (Wildman–Crippen MR) is 65.4 cm³/mol. The van der Waals surface area contributed by atoms with E-state index in [2.05, 4.69) is 20.3 Å². The molecule has 3 rings (SSSR count). The van der Waals surface area contributed by atoms with Crippen LogP contribution in [0.25, 0.3) is 21.6 Å². The van der Waals surface area contributed by atoms with E-state index in [-0.39, 0.29) is 0 Å². The zero-order chi connectivity index (χ0) is 11.0. The van der Waals surface area contributed by atoms with Crippen LogP contribution < -0.4 is 0 Å². The number of hydrogen-bond acceptors (Lipinski definition) is 4. The van der Waals surface area contributed by atoms with Crippen molar-refractivity contribution in [1.82, 2.24) is 15.0 Å². The molecule has 0 radical (unpaired) electrons. The lowest BCUT2D eigenvalue weighted by Crippen LogP contribution is -1.83. The Labute approximate surface area is 96.8 Å². The van der Waals surface area contributed by atoms with Crippen molar-refractivity contribution in [2.24, 2.45) is 0 Å². The van der Waals surface area contributed by atoms with E-state index in [4.69, 9.17) is 0 Å². The molecule has 0 atom stereocenters.